The van der Waals surface area contributed by atoms with Crippen LogP contribution in [0.1, 0.15) is 42.8 Å². The van der Waals surface area contributed by atoms with Gasteiger partial charge in [-0.05, 0) is 54.8 Å². The van der Waals surface area contributed by atoms with Crippen LogP contribution in [0.2, 0.25) is 0 Å². The molecule has 0 radical (unpaired) electrons. The highest BCUT2D eigenvalue weighted by atomic mass is 19.1. The van der Waals surface area contributed by atoms with Crippen LogP contribution >= 0.6 is 0 Å². The summed E-state index contributed by atoms with van der Waals surface area (Å²) in [4.78, 5) is 25.0. The van der Waals surface area contributed by atoms with Crippen LogP contribution in [-0.4, -0.2) is 25.0 Å². The lowest BCUT2D eigenvalue weighted by Gasteiger charge is -2.23. The van der Waals surface area contributed by atoms with E-state index in [2.05, 4.69) is 5.32 Å². The number of amides is 1. The molecule has 0 bridgehead atoms. The van der Waals surface area contributed by atoms with E-state index in [9.17, 15) is 14.0 Å². The van der Waals surface area contributed by atoms with Crippen molar-refractivity contribution >= 4 is 11.9 Å². The number of carbonyl (C=O) groups is 2. The van der Waals surface area contributed by atoms with E-state index in [-0.39, 0.29) is 17.6 Å². The summed E-state index contributed by atoms with van der Waals surface area (Å²) in [5.41, 5.74) is 1.09. The van der Waals surface area contributed by atoms with E-state index in [1.54, 1.807) is 50.4 Å². The minimum atomic E-state index is -0.803. The van der Waals surface area contributed by atoms with Crippen LogP contribution in [-0.2, 0) is 9.53 Å². The van der Waals surface area contributed by atoms with Crippen molar-refractivity contribution in [2.45, 2.75) is 32.9 Å². The number of hydrogen-bond acceptors (Lipinski definition) is 4. The van der Waals surface area contributed by atoms with E-state index in [0.717, 1.165) is 0 Å². The summed E-state index contributed by atoms with van der Waals surface area (Å²) >= 11 is 0. The molecule has 2 aromatic carbocycles. The maximum atomic E-state index is 13.0. The number of halogens is 1. The van der Waals surface area contributed by atoms with Gasteiger partial charge in [0.1, 0.15) is 23.7 Å². The van der Waals surface area contributed by atoms with Gasteiger partial charge in [-0.25, -0.2) is 9.18 Å². The lowest BCUT2D eigenvalue weighted by atomic mass is 10.0. The number of esters is 1. The predicted molar refractivity (Wildman–Crippen MR) is 100.0 cm³/mol. The van der Waals surface area contributed by atoms with Gasteiger partial charge in [-0.15, -0.1) is 0 Å². The van der Waals surface area contributed by atoms with Crippen LogP contribution in [0.25, 0.3) is 0 Å². The molecule has 2 rings (SSSR count). The Morgan fingerprint density at radius 2 is 1.56 bits per heavy atom. The van der Waals surface area contributed by atoms with Gasteiger partial charge in [0.05, 0.1) is 7.11 Å². The number of rotatable bonds is 7. The zero-order valence-corrected chi connectivity index (χ0v) is 15.9. The van der Waals surface area contributed by atoms with Crippen molar-refractivity contribution in [1.29, 1.82) is 0 Å². The summed E-state index contributed by atoms with van der Waals surface area (Å²) in [6, 6.07) is 11.5. The Balaban J connectivity index is 2.05. The molecular formula is C21H24FNO4. The molecule has 0 unspecified atom stereocenters. The van der Waals surface area contributed by atoms with E-state index < -0.39 is 18.1 Å². The Morgan fingerprint density at radius 1 is 0.963 bits per heavy atom. The van der Waals surface area contributed by atoms with Crippen molar-refractivity contribution < 1.29 is 23.5 Å². The van der Waals surface area contributed by atoms with Crippen LogP contribution < -0.4 is 10.1 Å². The third-order valence-corrected chi connectivity index (χ3v) is 4.19. The summed E-state index contributed by atoms with van der Waals surface area (Å²) in [5.74, 6) is -0.796. The fraction of sp³-hybridized carbons (Fsp3) is 0.333. The average Bonchev–Trinajstić information content (AvgIpc) is 2.66. The Morgan fingerprint density at radius 3 is 2.07 bits per heavy atom. The molecule has 144 valence electrons. The van der Waals surface area contributed by atoms with Gasteiger partial charge < -0.3 is 14.8 Å². The normalized spacial score (nSPS) is 13.0. The van der Waals surface area contributed by atoms with Gasteiger partial charge in [-0.1, -0.05) is 26.0 Å². The van der Waals surface area contributed by atoms with E-state index in [0.29, 0.717) is 16.9 Å². The second-order valence-corrected chi connectivity index (χ2v) is 6.55. The molecule has 0 aliphatic carbocycles. The van der Waals surface area contributed by atoms with Gasteiger partial charge in [0.25, 0.3) is 5.91 Å². The van der Waals surface area contributed by atoms with Crippen molar-refractivity contribution in [2.75, 3.05) is 7.11 Å². The molecule has 1 amide bonds. The molecule has 0 aromatic heterocycles. The molecule has 1 N–H and O–H groups in total. The molecule has 0 heterocycles. The van der Waals surface area contributed by atoms with Gasteiger partial charge in [-0.2, -0.15) is 0 Å². The molecule has 27 heavy (non-hydrogen) atoms. The maximum Gasteiger partial charge on any atom is 0.329 e. The Labute approximate surface area is 158 Å². The molecule has 0 saturated heterocycles. The van der Waals surface area contributed by atoms with Crippen LogP contribution in [0.15, 0.2) is 48.5 Å². The van der Waals surface area contributed by atoms with Crippen molar-refractivity contribution in [3.05, 3.63) is 65.5 Å². The fourth-order valence-electron chi connectivity index (χ4n) is 2.51. The first-order valence-electron chi connectivity index (χ1n) is 8.72. The molecule has 6 heteroatoms. The molecule has 0 saturated carbocycles. The highest BCUT2D eigenvalue weighted by molar-refractivity contribution is 5.97. The molecule has 2 aromatic rings. The van der Waals surface area contributed by atoms with Crippen molar-refractivity contribution in [1.82, 2.24) is 5.32 Å². The molecule has 0 spiro atoms. The Hall–Kier alpha value is -2.89. The monoisotopic (exact) mass is 373 g/mol. The van der Waals surface area contributed by atoms with Gasteiger partial charge in [0.2, 0.25) is 0 Å². The summed E-state index contributed by atoms with van der Waals surface area (Å²) in [7, 11) is 1.54. The molecular weight excluding hydrogens is 349 g/mol. The largest absolute Gasteiger partial charge is 0.497 e. The van der Waals surface area contributed by atoms with Gasteiger partial charge in [0.15, 0.2) is 0 Å². The summed E-state index contributed by atoms with van der Waals surface area (Å²) < 4.78 is 23.6. The van der Waals surface area contributed by atoms with Gasteiger partial charge in [-0.3, -0.25) is 4.79 Å². The minimum absolute atomic E-state index is 0.167. The first-order valence-corrected chi connectivity index (χ1v) is 8.72. The summed E-state index contributed by atoms with van der Waals surface area (Å²) in [6.45, 7) is 5.35. The number of ether oxygens (including phenoxy) is 2. The Kier molecular flexibility index (Phi) is 6.93. The van der Waals surface area contributed by atoms with Crippen molar-refractivity contribution in [3.63, 3.8) is 0 Å². The quantitative estimate of drug-likeness (QED) is 0.748. The van der Waals surface area contributed by atoms with Crippen LogP contribution in [0.4, 0.5) is 4.39 Å². The maximum absolute atomic E-state index is 13.0. The third-order valence-electron chi connectivity index (χ3n) is 4.19. The van der Waals surface area contributed by atoms with E-state index in [1.807, 2.05) is 13.8 Å². The fourth-order valence-corrected chi connectivity index (χ4v) is 2.51. The number of carbonyl (C=O) groups excluding carboxylic acids is 2. The lowest BCUT2D eigenvalue weighted by Crippen LogP contribution is -2.45. The lowest BCUT2D eigenvalue weighted by molar-refractivity contribution is -0.152. The molecule has 0 fully saturated rings. The van der Waals surface area contributed by atoms with E-state index >= 15 is 0 Å². The highest BCUT2D eigenvalue weighted by Crippen LogP contribution is 2.19. The molecule has 0 aliphatic heterocycles. The minimum Gasteiger partial charge on any atom is -0.497 e. The third kappa shape index (κ3) is 5.54. The SMILES string of the molecule is COc1ccc(C(=O)N[C@H](C(=O)O[C@H](C)c2ccc(F)cc2)C(C)C)cc1. The summed E-state index contributed by atoms with van der Waals surface area (Å²) in [5, 5.41) is 2.72. The van der Waals surface area contributed by atoms with Gasteiger partial charge in [0, 0.05) is 5.56 Å². The van der Waals surface area contributed by atoms with Crippen molar-refractivity contribution in [2.24, 2.45) is 5.92 Å². The zero-order chi connectivity index (χ0) is 20.0. The summed E-state index contributed by atoms with van der Waals surface area (Å²) in [6.07, 6.45) is -0.558. The zero-order valence-electron chi connectivity index (χ0n) is 15.9. The average molecular weight is 373 g/mol. The van der Waals surface area contributed by atoms with Crippen LogP contribution in [0.3, 0.4) is 0 Å². The predicted octanol–water partition coefficient (Wildman–Crippen LogP) is 3.89. The molecule has 2 atom stereocenters. The number of benzene rings is 2. The van der Waals surface area contributed by atoms with Gasteiger partial charge >= 0.3 is 5.97 Å². The smallest absolute Gasteiger partial charge is 0.329 e. The van der Waals surface area contributed by atoms with E-state index in [1.165, 1.54) is 12.1 Å². The van der Waals surface area contributed by atoms with Crippen LogP contribution in [0.5, 0.6) is 5.75 Å². The molecule has 5 nitrogen and oxygen atoms in total. The number of hydrogen-bond donors (Lipinski definition) is 1. The second-order valence-electron chi connectivity index (χ2n) is 6.55. The highest BCUT2D eigenvalue weighted by Gasteiger charge is 2.27. The second kappa shape index (κ2) is 9.16. The first-order chi connectivity index (χ1) is 12.8. The number of methoxy groups -OCH3 is 1. The Bertz CT molecular complexity index is 772. The first kappa shape index (κ1) is 20.4. The van der Waals surface area contributed by atoms with Crippen LogP contribution in [0, 0.1) is 11.7 Å². The standard InChI is InChI=1S/C21H24FNO4/c1-13(2)19(23-20(24)16-7-11-18(26-4)12-8-16)21(25)27-14(3)15-5-9-17(22)10-6-15/h5-14,19H,1-4H3,(H,23,24)/t14-,19+/m1/s1. The van der Waals surface area contributed by atoms with Crippen molar-refractivity contribution in [3.8, 4) is 5.75 Å². The molecule has 0 aliphatic rings. The number of nitrogens with one attached hydrogen (secondary N) is 1. The van der Waals surface area contributed by atoms with E-state index in [4.69, 9.17) is 9.47 Å². The topological polar surface area (TPSA) is 64.6 Å².